The van der Waals surface area contributed by atoms with Crippen molar-refractivity contribution >= 4 is 23.6 Å². The molecule has 1 aromatic rings. The molecule has 124 valence electrons. The van der Waals surface area contributed by atoms with Crippen LogP contribution in [0.4, 0.5) is 4.39 Å². The van der Waals surface area contributed by atoms with E-state index < -0.39 is 5.37 Å². The van der Waals surface area contributed by atoms with Gasteiger partial charge in [0.25, 0.3) is 0 Å². The van der Waals surface area contributed by atoms with Gasteiger partial charge in [-0.1, -0.05) is 18.2 Å². The van der Waals surface area contributed by atoms with Gasteiger partial charge in [0.1, 0.15) is 17.7 Å². The first-order chi connectivity index (χ1) is 11.1. The van der Waals surface area contributed by atoms with Crippen LogP contribution in [-0.2, 0) is 9.59 Å². The molecule has 1 aromatic carbocycles. The average molecular weight is 337 g/mol. The van der Waals surface area contributed by atoms with Crippen molar-refractivity contribution in [2.24, 2.45) is 0 Å². The molecule has 0 radical (unpaired) electrons. The summed E-state index contributed by atoms with van der Waals surface area (Å²) in [6.45, 7) is 3.05. The summed E-state index contributed by atoms with van der Waals surface area (Å²) in [6.07, 6.45) is 0. The van der Waals surface area contributed by atoms with E-state index in [0.717, 1.165) is 13.1 Å². The summed E-state index contributed by atoms with van der Waals surface area (Å²) in [5, 5.41) is -0.417. The maximum absolute atomic E-state index is 14.0. The van der Waals surface area contributed by atoms with Crippen molar-refractivity contribution in [2.45, 2.75) is 5.37 Å². The predicted molar refractivity (Wildman–Crippen MR) is 87.4 cm³/mol. The van der Waals surface area contributed by atoms with Gasteiger partial charge in [-0.3, -0.25) is 9.59 Å². The fourth-order valence-electron chi connectivity index (χ4n) is 2.86. The highest BCUT2D eigenvalue weighted by Gasteiger charge is 2.36. The van der Waals surface area contributed by atoms with Crippen molar-refractivity contribution < 1.29 is 14.0 Å². The van der Waals surface area contributed by atoms with Gasteiger partial charge < -0.3 is 14.7 Å². The van der Waals surface area contributed by atoms with Gasteiger partial charge in [-0.15, -0.1) is 11.8 Å². The van der Waals surface area contributed by atoms with Crippen LogP contribution in [0.3, 0.4) is 0 Å². The lowest BCUT2D eigenvalue weighted by atomic mass is 10.2. The van der Waals surface area contributed by atoms with Crippen LogP contribution in [0.2, 0.25) is 0 Å². The van der Waals surface area contributed by atoms with E-state index in [1.54, 1.807) is 23.1 Å². The zero-order chi connectivity index (χ0) is 16.4. The first-order valence-corrected chi connectivity index (χ1v) is 8.73. The minimum Gasteiger partial charge on any atom is -0.339 e. The van der Waals surface area contributed by atoms with E-state index in [2.05, 4.69) is 4.90 Å². The third kappa shape index (κ3) is 3.50. The minimum atomic E-state index is -0.417. The summed E-state index contributed by atoms with van der Waals surface area (Å²) in [7, 11) is 2.02. The number of hydrogen-bond acceptors (Lipinski definition) is 4. The molecule has 2 amide bonds. The molecule has 5 nitrogen and oxygen atoms in total. The summed E-state index contributed by atoms with van der Waals surface area (Å²) in [5.41, 5.74) is 0.467. The molecular formula is C16H20FN3O2S. The molecule has 0 aromatic heterocycles. The van der Waals surface area contributed by atoms with E-state index in [1.165, 1.54) is 22.7 Å². The van der Waals surface area contributed by atoms with Crippen LogP contribution in [0, 0.1) is 5.82 Å². The molecule has 7 heteroatoms. The normalized spacial score (nSPS) is 22.7. The van der Waals surface area contributed by atoms with Crippen LogP contribution >= 0.6 is 11.8 Å². The first-order valence-electron chi connectivity index (χ1n) is 7.68. The lowest BCUT2D eigenvalue weighted by Gasteiger charge is -2.34. The molecule has 0 saturated carbocycles. The SMILES string of the molecule is CN1CCN(C(=O)CN2C(=O)CS[C@H]2c2ccccc2F)CC1. The molecule has 2 heterocycles. The molecule has 23 heavy (non-hydrogen) atoms. The molecule has 3 rings (SSSR count). The molecule has 1 atom stereocenters. The van der Waals surface area contributed by atoms with Crippen LogP contribution < -0.4 is 0 Å². The quantitative estimate of drug-likeness (QED) is 0.831. The molecule has 0 N–H and O–H groups in total. The predicted octanol–water partition coefficient (Wildman–Crippen LogP) is 1.17. The van der Waals surface area contributed by atoms with Crippen LogP contribution in [0.5, 0.6) is 0 Å². The maximum atomic E-state index is 14.0. The van der Waals surface area contributed by atoms with Crippen molar-refractivity contribution in [3.8, 4) is 0 Å². The first kappa shape index (κ1) is 16.3. The van der Waals surface area contributed by atoms with Gasteiger partial charge in [0, 0.05) is 31.7 Å². The Balaban J connectivity index is 1.71. The Kier molecular flexibility index (Phi) is 4.87. The topological polar surface area (TPSA) is 43.9 Å². The number of benzene rings is 1. The molecule has 2 fully saturated rings. The molecule has 0 bridgehead atoms. The molecule has 2 saturated heterocycles. The van der Waals surface area contributed by atoms with Crippen molar-refractivity contribution in [2.75, 3.05) is 45.5 Å². The highest BCUT2D eigenvalue weighted by molar-refractivity contribution is 8.00. The maximum Gasteiger partial charge on any atom is 0.242 e. The largest absolute Gasteiger partial charge is 0.339 e. The number of hydrogen-bond donors (Lipinski definition) is 0. The van der Waals surface area contributed by atoms with E-state index in [0.29, 0.717) is 18.7 Å². The second kappa shape index (κ2) is 6.88. The van der Waals surface area contributed by atoms with Gasteiger partial charge in [0.2, 0.25) is 11.8 Å². The Labute approximate surface area is 139 Å². The highest BCUT2D eigenvalue weighted by atomic mass is 32.2. The average Bonchev–Trinajstić information content (AvgIpc) is 2.89. The van der Waals surface area contributed by atoms with Crippen LogP contribution in [0.25, 0.3) is 0 Å². The third-order valence-electron chi connectivity index (χ3n) is 4.30. The molecular weight excluding hydrogens is 317 g/mol. The van der Waals surface area contributed by atoms with Crippen molar-refractivity contribution in [1.82, 2.24) is 14.7 Å². The third-order valence-corrected chi connectivity index (χ3v) is 5.54. The number of nitrogens with zero attached hydrogens (tertiary/aromatic N) is 3. The molecule has 0 spiro atoms. The van der Waals surface area contributed by atoms with Gasteiger partial charge in [-0.2, -0.15) is 0 Å². The summed E-state index contributed by atoms with van der Waals surface area (Å²) in [5.74, 6) is -0.215. The van der Waals surface area contributed by atoms with E-state index >= 15 is 0 Å². The van der Waals surface area contributed by atoms with Gasteiger partial charge in [-0.25, -0.2) is 4.39 Å². The lowest BCUT2D eigenvalue weighted by Crippen LogP contribution is -2.50. The number of likely N-dealkylation sites (N-methyl/N-ethyl adjacent to an activating group) is 1. The standard InChI is InChI=1S/C16H20FN3O2S/c1-18-6-8-19(9-7-18)14(21)10-20-15(22)11-23-16(20)12-4-2-3-5-13(12)17/h2-5,16H,6-11H2,1H3/t16-/m0/s1. The van der Waals surface area contributed by atoms with Crippen LogP contribution in [-0.4, -0.2) is 72.0 Å². The molecule has 2 aliphatic rings. The van der Waals surface area contributed by atoms with Gasteiger partial charge in [0.05, 0.1) is 5.75 Å². The van der Waals surface area contributed by atoms with Crippen molar-refractivity contribution in [1.29, 1.82) is 0 Å². The highest BCUT2D eigenvalue weighted by Crippen LogP contribution is 2.39. The Bertz CT molecular complexity index is 605. The number of halogens is 1. The number of thioether (sulfide) groups is 1. The second-order valence-electron chi connectivity index (χ2n) is 5.89. The zero-order valence-electron chi connectivity index (χ0n) is 13.1. The van der Waals surface area contributed by atoms with Gasteiger partial charge >= 0.3 is 0 Å². The summed E-state index contributed by atoms with van der Waals surface area (Å²) in [6, 6.07) is 6.44. The Morgan fingerprint density at radius 3 is 2.65 bits per heavy atom. The summed E-state index contributed by atoms with van der Waals surface area (Å²) >= 11 is 1.37. The number of piperazine rings is 1. The Hall–Kier alpha value is -1.60. The molecule has 0 unspecified atom stereocenters. The van der Waals surface area contributed by atoms with E-state index in [-0.39, 0.29) is 29.9 Å². The van der Waals surface area contributed by atoms with E-state index in [4.69, 9.17) is 0 Å². The van der Waals surface area contributed by atoms with Crippen molar-refractivity contribution in [3.63, 3.8) is 0 Å². The van der Waals surface area contributed by atoms with Crippen molar-refractivity contribution in [3.05, 3.63) is 35.6 Å². The summed E-state index contributed by atoms with van der Waals surface area (Å²) < 4.78 is 14.0. The molecule has 0 aliphatic carbocycles. The number of carbonyl (C=O) groups excluding carboxylic acids is 2. The van der Waals surface area contributed by atoms with E-state index in [9.17, 15) is 14.0 Å². The number of rotatable bonds is 3. The smallest absolute Gasteiger partial charge is 0.242 e. The van der Waals surface area contributed by atoms with E-state index in [1.807, 2.05) is 7.05 Å². The minimum absolute atomic E-state index is 0.0224. The fraction of sp³-hybridized carbons (Fsp3) is 0.500. The van der Waals surface area contributed by atoms with Crippen LogP contribution in [0.15, 0.2) is 24.3 Å². The monoisotopic (exact) mass is 337 g/mol. The number of carbonyl (C=O) groups is 2. The Morgan fingerprint density at radius 1 is 1.26 bits per heavy atom. The fourth-order valence-corrected chi connectivity index (χ4v) is 4.07. The lowest BCUT2D eigenvalue weighted by molar-refractivity contribution is -0.140. The number of amides is 2. The second-order valence-corrected chi connectivity index (χ2v) is 6.96. The molecule has 2 aliphatic heterocycles. The van der Waals surface area contributed by atoms with Gasteiger partial charge in [0.15, 0.2) is 0 Å². The Morgan fingerprint density at radius 2 is 1.96 bits per heavy atom. The zero-order valence-corrected chi connectivity index (χ0v) is 13.9. The van der Waals surface area contributed by atoms with Gasteiger partial charge in [-0.05, 0) is 13.1 Å². The summed E-state index contributed by atoms with van der Waals surface area (Å²) in [4.78, 5) is 30.1. The van der Waals surface area contributed by atoms with Crippen LogP contribution in [0.1, 0.15) is 10.9 Å².